The van der Waals surface area contributed by atoms with Gasteiger partial charge >= 0.3 is 0 Å². The Morgan fingerprint density at radius 3 is 2.40 bits per heavy atom. The smallest absolute Gasteiger partial charge is 0.235 e. The van der Waals surface area contributed by atoms with Crippen LogP contribution in [0.5, 0.6) is 5.75 Å². The molecule has 1 amide bonds. The van der Waals surface area contributed by atoms with Gasteiger partial charge in [-0.1, -0.05) is 30.3 Å². The number of benzene rings is 2. The average molecular weight is 435 g/mol. The summed E-state index contributed by atoms with van der Waals surface area (Å²) < 4.78 is 45.1. The maximum atomic E-state index is 13.6. The largest absolute Gasteiger partial charge is 0.492 e. The maximum absolute atomic E-state index is 13.6. The van der Waals surface area contributed by atoms with Crippen LogP contribution in [0.15, 0.2) is 48.5 Å². The number of sulfonamides is 1. The van der Waals surface area contributed by atoms with Crippen LogP contribution in [-0.4, -0.2) is 44.1 Å². The van der Waals surface area contributed by atoms with Crippen LogP contribution in [0.1, 0.15) is 32.3 Å². The molecule has 1 saturated heterocycles. The molecule has 0 bridgehead atoms. The van der Waals surface area contributed by atoms with E-state index in [0.717, 1.165) is 5.56 Å². The van der Waals surface area contributed by atoms with Gasteiger partial charge in [0.05, 0.1) is 23.5 Å². The molecule has 0 aromatic heterocycles. The Kier molecular flexibility index (Phi) is 6.77. The number of anilines is 1. The highest BCUT2D eigenvalue weighted by Crippen LogP contribution is 2.38. The lowest BCUT2D eigenvalue weighted by atomic mass is 9.72. The van der Waals surface area contributed by atoms with Crippen molar-refractivity contribution in [2.45, 2.75) is 32.1 Å². The topological polar surface area (TPSA) is 75.7 Å². The molecule has 2 aromatic carbocycles. The molecule has 1 fully saturated rings. The molecule has 1 aliphatic heterocycles. The monoisotopic (exact) mass is 434 g/mol. The van der Waals surface area contributed by atoms with Gasteiger partial charge in [0.1, 0.15) is 11.6 Å². The zero-order valence-corrected chi connectivity index (χ0v) is 18.0. The number of amides is 1. The molecule has 162 valence electrons. The van der Waals surface area contributed by atoms with Gasteiger partial charge in [-0.3, -0.25) is 4.79 Å². The van der Waals surface area contributed by atoms with Crippen molar-refractivity contribution in [3.63, 3.8) is 0 Å². The first-order valence-corrected chi connectivity index (χ1v) is 11.7. The van der Waals surface area contributed by atoms with Crippen LogP contribution in [0, 0.1) is 5.82 Å². The van der Waals surface area contributed by atoms with Crippen LogP contribution in [0.3, 0.4) is 0 Å². The van der Waals surface area contributed by atoms with Crippen LogP contribution in [0.4, 0.5) is 10.1 Å². The van der Waals surface area contributed by atoms with Crippen LogP contribution < -0.4 is 10.1 Å². The molecule has 6 nitrogen and oxygen atoms in total. The van der Waals surface area contributed by atoms with Crippen molar-refractivity contribution in [3.8, 4) is 5.75 Å². The fraction of sp³-hybridized carbons (Fsp3) is 0.409. The Bertz CT molecular complexity index is 987. The van der Waals surface area contributed by atoms with E-state index in [9.17, 15) is 17.6 Å². The van der Waals surface area contributed by atoms with Crippen molar-refractivity contribution < 1.29 is 22.3 Å². The number of nitrogens with zero attached hydrogens (tertiary/aromatic N) is 1. The van der Waals surface area contributed by atoms with Crippen molar-refractivity contribution in [1.82, 2.24) is 4.31 Å². The highest BCUT2D eigenvalue weighted by Gasteiger charge is 2.44. The van der Waals surface area contributed by atoms with Gasteiger partial charge in [-0.2, -0.15) is 0 Å². The predicted molar refractivity (Wildman–Crippen MR) is 115 cm³/mol. The van der Waals surface area contributed by atoms with E-state index in [0.29, 0.717) is 25.1 Å². The van der Waals surface area contributed by atoms with E-state index in [1.807, 2.05) is 30.3 Å². The van der Waals surface area contributed by atoms with Crippen LogP contribution >= 0.6 is 0 Å². The molecule has 0 radical (unpaired) electrons. The zero-order valence-electron chi connectivity index (χ0n) is 17.2. The number of halogens is 1. The minimum Gasteiger partial charge on any atom is -0.492 e. The van der Waals surface area contributed by atoms with E-state index in [1.165, 1.54) is 22.5 Å². The van der Waals surface area contributed by atoms with Crippen LogP contribution in [0.25, 0.3) is 0 Å². The standard InChI is InChI=1S/C22H27FN2O4S/c1-3-29-20-16-18(23)10-11-19(20)24-21(26)22(17-8-6-5-7-9-17)12-14-25(15-13-22)30(27,28)4-2/h5-11,16H,3-4,12-15H2,1-2H3,(H,24,26). The molecule has 0 spiro atoms. The van der Waals surface area contributed by atoms with E-state index < -0.39 is 21.3 Å². The van der Waals surface area contributed by atoms with Crippen molar-refractivity contribution in [2.75, 3.05) is 30.8 Å². The molecular weight excluding hydrogens is 407 g/mol. The number of rotatable bonds is 7. The molecule has 0 aliphatic carbocycles. The van der Waals surface area contributed by atoms with Crippen molar-refractivity contribution >= 4 is 21.6 Å². The van der Waals surface area contributed by atoms with E-state index >= 15 is 0 Å². The Morgan fingerprint density at radius 1 is 1.13 bits per heavy atom. The number of hydrogen-bond donors (Lipinski definition) is 1. The SMILES string of the molecule is CCOc1cc(F)ccc1NC(=O)C1(c2ccccc2)CCN(S(=O)(=O)CC)CC1. The number of piperidine rings is 1. The highest BCUT2D eigenvalue weighted by molar-refractivity contribution is 7.89. The van der Waals surface area contributed by atoms with Gasteiger partial charge in [0.15, 0.2) is 0 Å². The Balaban J connectivity index is 1.92. The molecule has 0 unspecified atom stereocenters. The molecule has 2 aromatic rings. The van der Waals surface area contributed by atoms with Gasteiger partial charge in [-0.05, 0) is 44.4 Å². The first-order chi connectivity index (χ1) is 14.3. The van der Waals surface area contributed by atoms with Crippen LogP contribution in [0.2, 0.25) is 0 Å². The molecule has 1 aliphatic rings. The average Bonchev–Trinajstić information content (AvgIpc) is 2.76. The fourth-order valence-electron chi connectivity index (χ4n) is 3.85. The molecule has 3 rings (SSSR count). The minimum absolute atomic E-state index is 0.0326. The number of carbonyl (C=O) groups is 1. The first-order valence-electron chi connectivity index (χ1n) is 10.1. The van der Waals surface area contributed by atoms with Crippen LogP contribution in [-0.2, 0) is 20.2 Å². The number of ether oxygens (including phenoxy) is 1. The van der Waals surface area contributed by atoms with Gasteiger partial charge in [0, 0.05) is 19.2 Å². The normalized spacial score (nSPS) is 16.8. The zero-order chi connectivity index (χ0) is 21.8. The van der Waals surface area contributed by atoms with E-state index in [1.54, 1.807) is 13.8 Å². The minimum atomic E-state index is -3.32. The second kappa shape index (κ2) is 9.14. The number of hydrogen-bond acceptors (Lipinski definition) is 4. The first kappa shape index (κ1) is 22.2. The lowest BCUT2D eigenvalue weighted by Gasteiger charge is -2.40. The summed E-state index contributed by atoms with van der Waals surface area (Å²) in [5.74, 6) is -0.410. The second-order valence-corrected chi connectivity index (χ2v) is 9.53. The van der Waals surface area contributed by atoms with Gasteiger partial charge in [-0.25, -0.2) is 17.1 Å². The van der Waals surface area contributed by atoms with Gasteiger partial charge in [0.25, 0.3) is 0 Å². The molecule has 0 saturated carbocycles. The third-order valence-electron chi connectivity index (χ3n) is 5.59. The van der Waals surface area contributed by atoms with Gasteiger partial charge in [0.2, 0.25) is 15.9 Å². The third-order valence-corrected chi connectivity index (χ3v) is 7.47. The van der Waals surface area contributed by atoms with Gasteiger partial charge < -0.3 is 10.1 Å². The number of carbonyl (C=O) groups excluding carboxylic acids is 1. The van der Waals surface area contributed by atoms with Crippen molar-refractivity contribution in [1.29, 1.82) is 0 Å². The Labute approximate surface area is 177 Å². The Hall–Kier alpha value is -2.45. The summed E-state index contributed by atoms with van der Waals surface area (Å²) in [7, 11) is -3.32. The molecule has 0 atom stereocenters. The number of nitrogens with one attached hydrogen (secondary N) is 1. The molecular formula is C22H27FN2O4S. The van der Waals surface area contributed by atoms with E-state index in [4.69, 9.17) is 4.74 Å². The summed E-state index contributed by atoms with van der Waals surface area (Å²) in [6, 6.07) is 13.4. The van der Waals surface area contributed by atoms with E-state index in [2.05, 4.69) is 5.32 Å². The second-order valence-electron chi connectivity index (χ2n) is 7.28. The predicted octanol–water partition coefficient (Wildman–Crippen LogP) is 3.55. The summed E-state index contributed by atoms with van der Waals surface area (Å²) in [5.41, 5.74) is 0.331. The Morgan fingerprint density at radius 2 is 1.80 bits per heavy atom. The summed E-state index contributed by atoms with van der Waals surface area (Å²) in [6.45, 7) is 4.26. The van der Waals surface area contributed by atoms with Crippen molar-refractivity contribution in [3.05, 3.63) is 59.9 Å². The van der Waals surface area contributed by atoms with E-state index in [-0.39, 0.29) is 30.5 Å². The molecule has 30 heavy (non-hydrogen) atoms. The van der Waals surface area contributed by atoms with Crippen molar-refractivity contribution in [2.24, 2.45) is 0 Å². The summed E-state index contributed by atoms with van der Waals surface area (Å²) >= 11 is 0. The summed E-state index contributed by atoms with van der Waals surface area (Å²) in [6.07, 6.45) is 0.709. The quantitative estimate of drug-likeness (QED) is 0.723. The molecule has 8 heteroatoms. The fourth-order valence-corrected chi connectivity index (χ4v) is 4.95. The molecule has 1 N–H and O–H groups in total. The lowest BCUT2D eigenvalue weighted by molar-refractivity contribution is -0.123. The lowest BCUT2D eigenvalue weighted by Crippen LogP contribution is -2.51. The summed E-state index contributed by atoms with van der Waals surface area (Å²) in [4.78, 5) is 13.5. The molecule has 1 heterocycles. The summed E-state index contributed by atoms with van der Waals surface area (Å²) in [5, 5.41) is 2.90. The highest BCUT2D eigenvalue weighted by atomic mass is 32.2. The maximum Gasteiger partial charge on any atom is 0.235 e. The van der Waals surface area contributed by atoms with Gasteiger partial charge in [-0.15, -0.1) is 0 Å². The third kappa shape index (κ3) is 4.49.